The van der Waals surface area contributed by atoms with Gasteiger partial charge in [0.25, 0.3) is 5.91 Å². The summed E-state index contributed by atoms with van der Waals surface area (Å²) in [7, 11) is 0. The Morgan fingerprint density at radius 3 is 2.68 bits per heavy atom. The largest absolute Gasteiger partial charge is 0.486 e. The zero-order chi connectivity index (χ0) is 13.7. The number of rotatable bonds is 5. The molecule has 1 N–H and O–H groups in total. The quantitative estimate of drug-likeness (QED) is 0.898. The van der Waals surface area contributed by atoms with Crippen molar-refractivity contribution in [2.45, 2.75) is 26.5 Å². The molecule has 0 saturated heterocycles. The first-order valence-corrected chi connectivity index (χ1v) is 6.22. The van der Waals surface area contributed by atoms with Gasteiger partial charge in [0.1, 0.15) is 12.4 Å². The van der Waals surface area contributed by atoms with Crippen LogP contribution >= 0.6 is 0 Å². The second-order valence-electron chi connectivity index (χ2n) is 4.49. The van der Waals surface area contributed by atoms with Gasteiger partial charge in [0, 0.05) is 6.04 Å². The van der Waals surface area contributed by atoms with Crippen LogP contribution in [0.4, 0.5) is 0 Å². The van der Waals surface area contributed by atoms with Gasteiger partial charge in [-0.15, -0.1) is 0 Å². The van der Waals surface area contributed by atoms with Crippen LogP contribution in [0.2, 0.25) is 0 Å². The third-order valence-electron chi connectivity index (χ3n) is 2.52. The zero-order valence-corrected chi connectivity index (χ0v) is 11.1. The molecule has 0 radical (unpaired) electrons. The van der Waals surface area contributed by atoms with Gasteiger partial charge in [-0.2, -0.15) is 0 Å². The van der Waals surface area contributed by atoms with Gasteiger partial charge in [0.15, 0.2) is 5.76 Å². The molecule has 4 heteroatoms. The highest BCUT2D eigenvalue weighted by atomic mass is 16.5. The molecule has 4 nitrogen and oxygen atoms in total. The molecule has 100 valence electrons. The van der Waals surface area contributed by atoms with Gasteiger partial charge in [-0.3, -0.25) is 4.79 Å². The summed E-state index contributed by atoms with van der Waals surface area (Å²) in [6, 6.07) is 11.2. The summed E-state index contributed by atoms with van der Waals surface area (Å²) < 4.78 is 10.9. The van der Waals surface area contributed by atoms with Crippen molar-refractivity contribution in [3.63, 3.8) is 0 Å². The lowest BCUT2D eigenvalue weighted by molar-refractivity contribution is 0.0938. The standard InChI is InChI=1S/C15H17NO3/c1-11(2)16-15(17)13-8-9-18-14(13)10-19-12-6-4-3-5-7-12/h3-9,11H,10H2,1-2H3,(H,16,17). The van der Waals surface area contributed by atoms with Gasteiger partial charge in [0.2, 0.25) is 0 Å². The Morgan fingerprint density at radius 1 is 1.26 bits per heavy atom. The highest BCUT2D eigenvalue weighted by Gasteiger charge is 2.15. The predicted octanol–water partition coefficient (Wildman–Crippen LogP) is 3.00. The number of para-hydroxylation sites is 1. The average molecular weight is 259 g/mol. The molecule has 0 bridgehead atoms. The van der Waals surface area contributed by atoms with Gasteiger partial charge in [-0.05, 0) is 32.0 Å². The number of carbonyl (C=O) groups is 1. The summed E-state index contributed by atoms with van der Waals surface area (Å²) >= 11 is 0. The van der Waals surface area contributed by atoms with E-state index in [0.29, 0.717) is 11.3 Å². The summed E-state index contributed by atoms with van der Waals surface area (Å²) in [5.74, 6) is 1.13. The normalized spacial score (nSPS) is 10.5. The smallest absolute Gasteiger partial charge is 0.255 e. The maximum atomic E-state index is 11.9. The summed E-state index contributed by atoms with van der Waals surface area (Å²) in [6.07, 6.45) is 1.50. The van der Waals surface area contributed by atoms with E-state index in [-0.39, 0.29) is 18.6 Å². The predicted molar refractivity (Wildman–Crippen MR) is 72.1 cm³/mol. The molecule has 1 aromatic heterocycles. The van der Waals surface area contributed by atoms with E-state index >= 15 is 0 Å². The topological polar surface area (TPSA) is 51.5 Å². The minimum absolute atomic E-state index is 0.0882. The number of hydrogen-bond donors (Lipinski definition) is 1. The first-order chi connectivity index (χ1) is 9.16. The minimum Gasteiger partial charge on any atom is -0.486 e. The molecule has 1 amide bonds. The number of ether oxygens (including phenoxy) is 1. The fourth-order valence-electron chi connectivity index (χ4n) is 1.66. The van der Waals surface area contributed by atoms with E-state index in [2.05, 4.69) is 5.32 Å². The Morgan fingerprint density at radius 2 is 2.00 bits per heavy atom. The van der Waals surface area contributed by atoms with Crippen LogP contribution in [0, 0.1) is 0 Å². The van der Waals surface area contributed by atoms with Crippen LogP contribution in [0.25, 0.3) is 0 Å². The molecule has 0 saturated carbocycles. The van der Waals surface area contributed by atoms with Crippen molar-refractivity contribution < 1.29 is 13.9 Å². The van der Waals surface area contributed by atoms with E-state index < -0.39 is 0 Å². The van der Waals surface area contributed by atoms with Crippen molar-refractivity contribution >= 4 is 5.91 Å². The molecule has 2 aromatic rings. The molecule has 0 aliphatic carbocycles. The summed E-state index contributed by atoms with van der Waals surface area (Å²) in [5.41, 5.74) is 0.518. The molecular formula is C15H17NO3. The fourth-order valence-corrected chi connectivity index (χ4v) is 1.66. The monoisotopic (exact) mass is 259 g/mol. The van der Waals surface area contributed by atoms with Gasteiger partial charge in [0.05, 0.1) is 11.8 Å². The van der Waals surface area contributed by atoms with Crippen molar-refractivity contribution in [2.75, 3.05) is 0 Å². The van der Waals surface area contributed by atoms with Crippen LogP contribution < -0.4 is 10.1 Å². The number of nitrogens with one attached hydrogen (secondary N) is 1. The molecule has 0 unspecified atom stereocenters. The van der Waals surface area contributed by atoms with E-state index in [1.807, 2.05) is 44.2 Å². The van der Waals surface area contributed by atoms with E-state index in [0.717, 1.165) is 5.75 Å². The van der Waals surface area contributed by atoms with Crippen LogP contribution in [-0.2, 0) is 6.61 Å². The SMILES string of the molecule is CC(C)NC(=O)c1ccoc1COc1ccccc1. The second kappa shape index (κ2) is 6.09. The van der Waals surface area contributed by atoms with Gasteiger partial charge in [-0.1, -0.05) is 18.2 Å². The van der Waals surface area contributed by atoms with Gasteiger partial charge >= 0.3 is 0 Å². The van der Waals surface area contributed by atoms with Gasteiger partial charge in [-0.25, -0.2) is 0 Å². The molecule has 1 heterocycles. The van der Waals surface area contributed by atoms with Gasteiger partial charge < -0.3 is 14.5 Å². The lowest BCUT2D eigenvalue weighted by Gasteiger charge is -2.09. The summed E-state index contributed by atoms with van der Waals surface area (Å²) in [6.45, 7) is 4.06. The highest BCUT2D eigenvalue weighted by molar-refractivity contribution is 5.95. The van der Waals surface area contributed by atoms with E-state index in [4.69, 9.17) is 9.15 Å². The van der Waals surface area contributed by atoms with Crippen LogP contribution in [0.15, 0.2) is 47.1 Å². The number of furan rings is 1. The average Bonchev–Trinajstić information content (AvgIpc) is 2.85. The van der Waals surface area contributed by atoms with Crippen LogP contribution in [-0.4, -0.2) is 11.9 Å². The molecule has 0 aliphatic rings. The highest BCUT2D eigenvalue weighted by Crippen LogP contribution is 2.15. The third-order valence-corrected chi connectivity index (χ3v) is 2.52. The Kier molecular flexibility index (Phi) is 4.23. The first kappa shape index (κ1) is 13.2. The van der Waals surface area contributed by atoms with Crippen molar-refractivity contribution in [3.8, 4) is 5.75 Å². The summed E-state index contributed by atoms with van der Waals surface area (Å²) in [4.78, 5) is 11.9. The lowest BCUT2D eigenvalue weighted by Crippen LogP contribution is -2.30. The van der Waals surface area contributed by atoms with Crippen LogP contribution in [0.1, 0.15) is 30.0 Å². The second-order valence-corrected chi connectivity index (χ2v) is 4.49. The Balaban J connectivity index is 2.02. The molecule has 0 fully saturated rings. The molecule has 0 spiro atoms. The number of hydrogen-bond acceptors (Lipinski definition) is 3. The molecule has 0 aliphatic heterocycles. The maximum Gasteiger partial charge on any atom is 0.255 e. The third kappa shape index (κ3) is 3.61. The van der Waals surface area contributed by atoms with E-state index in [1.165, 1.54) is 6.26 Å². The van der Waals surface area contributed by atoms with Crippen molar-refractivity contribution in [1.82, 2.24) is 5.32 Å². The Hall–Kier alpha value is -2.23. The minimum atomic E-state index is -0.143. The van der Waals surface area contributed by atoms with Crippen molar-refractivity contribution in [2.24, 2.45) is 0 Å². The van der Waals surface area contributed by atoms with E-state index in [1.54, 1.807) is 6.07 Å². The number of amides is 1. The van der Waals surface area contributed by atoms with E-state index in [9.17, 15) is 4.79 Å². The maximum absolute atomic E-state index is 11.9. The Bertz CT molecular complexity index is 531. The Labute approximate surface area is 112 Å². The molecular weight excluding hydrogens is 242 g/mol. The zero-order valence-electron chi connectivity index (χ0n) is 11.1. The molecule has 2 rings (SSSR count). The van der Waals surface area contributed by atoms with Crippen LogP contribution in [0.5, 0.6) is 5.75 Å². The molecule has 0 atom stereocenters. The summed E-state index contributed by atoms with van der Waals surface area (Å²) in [5, 5.41) is 2.83. The first-order valence-electron chi connectivity index (χ1n) is 6.22. The lowest BCUT2D eigenvalue weighted by atomic mass is 10.2. The fraction of sp³-hybridized carbons (Fsp3) is 0.267. The van der Waals surface area contributed by atoms with Crippen LogP contribution in [0.3, 0.4) is 0 Å². The van der Waals surface area contributed by atoms with Crippen molar-refractivity contribution in [1.29, 1.82) is 0 Å². The molecule has 1 aromatic carbocycles. The van der Waals surface area contributed by atoms with Crippen molar-refractivity contribution in [3.05, 3.63) is 54.0 Å². The number of carbonyl (C=O) groups excluding carboxylic acids is 1. The molecule has 19 heavy (non-hydrogen) atoms. The number of benzene rings is 1.